The van der Waals surface area contributed by atoms with Gasteiger partial charge in [-0.05, 0) is 48.0 Å². The quantitative estimate of drug-likeness (QED) is 0.393. The highest BCUT2D eigenvalue weighted by Gasteiger charge is 2.11. The molecule has 6 heteroatoms. The predicted molar refractivity (Wildman–Crippen MR) is 98.0 cm³/mol. The molecule has 1 N–H and O–H groups in total. The highest BCUT2D eigenvalue weighted by atomic mass is 16.6. The van der Waals surface area contributed by atoms with Gasteiger partial charge in [-0.15, -0.1) is 0 Å². The molecule has 0 unspecified atom stereocenters. The molecule has 0 aliphatic carbocycles. The lowest BCUT2D eigenvalue weighted by molar-refractivity contribution is -0.384. The first kappa shape index (κ1) is 16.9. The molecule has 0 amide bonds. The van der Waals surface area contributed by atoms with Crippen LogP contribution in [0.4, 0.5) is 11.4 Å². The van der Waals surface area contributed by atoms with Crippen molar-refractivity contribution >= 4 is 23.2 Å². The maximum atomic E-state index is 12.3. The molecule has 0 saturated carbocycles. The molecule has 3 rings (SSSR count). The average molecular weight is 337 g/mol. The van der Waals surface area contributed by atoms with Crippen LogP contribution >= 0.6 is 0 Å². The second kappa shape index (κ2) is 7.72. The Morgan fingerprint density at radius 3 is 2.28 bits per heavy atom. The summed E-state index contributed by atoms with van der Waals surface area (Å²) in [4.78, 5) is 24.7. The smallest absolute Gasteiger partial charge is 0.269 e. The van der Waals surface area contributed by atoms with Crippen molar-refractivity contribution in [2.45, 2.75) is 0 Å². The molecule has 0 aromatic heterocycles. The maximum absolute atomic E-state index is 12.3. The number of allylic oxidation sites excluding steroid dienone is 1. The maximum Gasteiger partial charge on any atom is 0.269 e. The van der Waals surface area contributed by atoms with Crippen LogP contribution in [0.25, 0.3) is 6.08 Å². The van der Waals surface area contributed by atoms with E-state index in [1.165, 1.54) is 18.2 Å². The van der Waals surface area contributed by atoms with Crippen LogP contribution in [0.3, 0.4) is 0 Å². The van der Waals surface area contributed by atoms with E-state index in [9.17, 15) is 14.9 Å². The molecular formula is C19H19N3O3. The van der Waals surface area contributed by atoms with Gasteiger partial charge in [0, 0.05) is 49.6 Å². The Bertz CT molecular complexity index is 777. The molecule has 1 saturated heterocycles. The molecule has 1 aliphatic rings. The Labute approximate surface area is 145 Å². The van der Waals surface area contributed by atoms with Crippen molar-refractivity contribution in [3.8, 4) is 0 Å². The van der Waals surface area contributed by atoms with Crippen molar-refractivity contribution in [1.82, 2.24) is 5.32 Å². The number of nitro benzene ring substituents is 1. The number of hydrogen-bond donors (Lipinski definition) is 1. The predicted octanol–water partition coefficient (Wildman–Crippen LogP) is 2.90. The van der Waals surface area contributed by atoms with E-state index >= 15 is 0 Å². The molecule has 2 aromatic rings. The standard InChI is InChI=1S/C19H19N3O3/c23-19(10-3-15-1-6-18(7-2-15)22(24)25)16-4-8-17(9-5-16)21-13-11-20-12-14-21/h1-10,20H,11-14H2/b10-3+. The third kappa shape index (κ3) is 4.30. The number of nitrogens with zero attached hydrogens (tertiary/aromatic N) is 2. The Kier molecular flexibility index (Phi) is 5.20. The van der Waals surface area contributed by atoms with Crippen LogP contribution in [0.1, 0.15) is 15.9 Å². The number of carbonyl (C=O) groups is 1. The third-order valence-corrected chi connectivity index (χ3v) is 4.17. The number of piperazine rings is 1. The van der Waals surface area contributed by atoms with Crippen LogP contribution in [0.5, 0.6) is 0 Å². The lowest BCUT2D eigenvalue weighted by Crippen LogP contribution is -2.43. The first-order chi connectivity index (χ1) is 12.1. The van der Waals surface area contributed by atoms with E-state index in [0.29, 0.717) is 5.56 Å². The fraction of sp³-hybridized carbons (Fsp3) is 0.211. The van der Waals surface area contributed by atoms with Crippen LogP contribution in [0.2, 0.25) is 0 Å². The van der Waals surface area contributed by atoms with Gasteiger partial charge in [0.2, 0.25) is 0 Å². The van der Waals surface area contributed by atoms with Crippen LogP contribution < -0.4 is 10.2 Å². The van der Waals surface area contributed by atoms with E-state index in [0.717, 1.165) is 37.4 Å². The summed E-state index contributed by atoms with van der Waals surface area (Å²) in [5.41, 5.74) is 2.53. The number of carbonyl (C=O) groups excluding carboxylic acids is 1. The highest BCUT2D eigenvalue weighted by Crippen LogP contribution is 2.17. The first-order valence-electron chi connectivity index (χ1n) is 8.16. The van der Waals surface area contributed by atoms with Crippen LogP contribution in [0, 0.1) is 10.1 Å². The number of rotatable bonds is 5. The van der Waals surface area contributed by atoms with Crippen molar-refractivity contribution < 1.29 is 9.72 Å². The fourth-order valence-electron chi connectivity index (χ4n) is 2.73. The Balaban J connectivity index is 1.65. The van der Waals surface area contributed by atoms with Crippen LogP contribution in [-0.4, -0.2) is 36.9 Å². The molecule has 1 aliphatic heterocycles. The monoisotopic (exact) mass is 337 g/mol. The summed E-state index contributed by atoms with van der Waals surface area (Å²) in [7, 11) is 0. The molecular weight excluding hydrogens is 318 g/mol. The summed E-state index contributed by atoms with van der Waals surface area (Å²) >= 11 is 0. The molecule has 1 heterocycles. The number of nitro groups is 1. The van der Waals surface area contributed by atoms with E-state index in [2.05, 4.69) is 10.2 Å². The van der Waals surface area contributed by atoms with Gasteiger partial charge in [0.15, 0.2) is 5.78 Å². The zero-order valence-electron chi connectivity index (χ0n) is 13.7. The number of nitrogens with one attached hydrogen (secondary N) is 1. The summed E-state index contributed by atoms with van der Waals surface area (Å²) in [5.74, 6) is -0.0924. The second-order valence-corrected chi connectivity index (χ2v) is 5.83. The molecule has 6 nitrogen and oxygen atoms in total. The van der Waals surface area contributed by atoms with Gasteiger partial charge in [-0.2, -0.15) is 0 Å². The first-order valence-corrected chi connectivity index (χ1v) is 8.16. The van der Waals surface area contributed by atoms with Crippen LogP contribution in [0.15, 0.2) is 54.6 Å². The summed E-state index contributed by atoms with van der Waals surface area (Å²) in [6, 6.07) is 13.7. The molecule has 128 valence electrons. The molecule has 0 bridgehead atoms. The van der Waals surface area contributed by atoms with Crippen molar-refractivity contribution in [3.63, 3.8) is 0 Å². The molecule has 2 aromatic carbocycles. The largest absolute Gasteiger partial charge is 0.369 e. The van der Waals surface area contributed by atoms with Crippen molar-refractivity contribution in [1.29, 1.82) is 0 Å². The zero-order valence-corrected chi connectivity index (χ0v) is 13.7. The molecule has 0 radical (unpaired) electrons. The van der Waals surface area contributed by atoms with Crippen molar-refractivity contribution in [2.24, 2.45) is 0 Å². The minimum Gasteiger partial charge on any atom is -0.369 e. The van der Waals surface area contributed by atoms with E-state index in [-0.39, 0.29) is 11.5 Å². The topological polar surface area (TPSA) is 75.5 Å². The normalized spacial score (nSPS) is 14.6. The Morgan fingerprint density at radius 1 is 1.04 bits per heavy atom. The minimum atomic E-state index is -0.446. The summed E-state index contributed by atoms with van der Waals surface area (Å²) in [6.45, 7) is 3.87. The minimum absolute atomic E-state index is 0.0342. The number of anilines is 1. The zero-order chi connectivity index (χ0) is 17.6. The lowest BCUT2D eigenvalue weighted by atomic mass is 10.1. The van der Waals surface area contributed by atoms with E-state index in [4.69, 9.17) is 0 Å². The van der Waals surface area contributed by atoms with Crippen LogP contribution in [-0.2, 0) is 0 Å². The summed E-state index contributed by atoms with van der Waals surface area (Å²) < 4.78 is 0. The van der Waals surface area contributed by atoms with E-state index < -0.39 is 4.92 Å². The number of benzene rings is 2. The molecule has 25 heavy (non-hydrogen) atoms. The number of non-ortho nitro benzene ring substituents is 1. The SMILES string of the molecule is O=C(/C=C/c1ccc([N+](=O)[O-])cc1)c1ccc(N2CCNCC2)cc1. The number of hydrogen-bond acceptors (Lipinski definition) is 5. The second-order valence-electron chi connectivity index (χ2n) is 5.83. The van der Waals surface area contributed by atoms with Gasteiger partial charge in [0.1, 0.15) is 0 Å². The summed E-state index contributed by atoms with van der Waals surface area (Å²) in [5, 5.41) is 13.9. The fourth-order valence-corrected chi connectivity index (χ4v) is 2.73. The van der Waals surface area contributed by atoms with Gasteiger partial charge in [-0.1, -0.05) is 6.08 Å². The average Bonchev–Trinajstić information content (AvgIpc) is 2.67. The molecule has 0 atom stereocenters. The summed E-state index contributed by atoms with van der Waals surface area (Å²) in [6.07, 6.45) is 3.15. The van der Waals surface area contributed by atoms with Gasteiger partial charge in [0.25, 0.3) is 5.69 Å². The van der Waals surface area contributed by atoms with Crippen molar-refractivity contribution in [3.05, 3.63) is 75.8 Å². The van der Waals surface area contributed by atoms with Gasteiger partial charge in [-0.3, -0.25) is 14.9 Å². The third-order valence-electron chi connectivity index (χ3n) is 4.17. The van der Waals surface area contributed by atoms with Gasteiger partial charge in [0.05, 0.1) is 4.92 Å². The van der Waals surface area contributed by atoms with E-state index in [1.54, 1.807) is 18.2 Å². The van der Waals surface area contributed by atoms with Gasteiger partial charge < -0.3 is 10.2 Å². The Morgan fingerprint density at radius 2 is 1.68 bits per heavy atom. The van der Waals surface area contributed by atoms with Gasteiger partial charge in [-0.25, -0.2) is 0 Å². The number of ketones is 1. The van der Waals surface area contributed by atoms with Gasteiger partial charge >= 0.3 is 0 Å². The van der Waals surface area contributed by atoms with Crippen molar-refractivity contribution in [2.75, 3.05) is 31.1 Å². The lowest BCUT2D eigenvalue weighted by Gasteiger charge is -2.29. The molecule has 1 fully saturated rings. The molecule has 0 spiro atoms. The highest BCUT2D eigenvalue weighted by molar-refractivity contribution is 6.07. The Hall–Kier alpha value is -2.99. The van der Waals surface area contributed by atoms with E-state index in [1.807, 2.05) is 24.3 Å².